The van der Waals surface area contributed by atoms with Crippen molar-refractivity contribution in [2.75, 3.05) is 25.7 Å². The third-order valence-electron chi connectivity index (χ3n) is 4.36. The summed E-state index contributed by atoms with van der Waals surface area (Å²) in [6.07, 6.45) is 2.47. The average Bonchev–Trinajstić information content (AvgIpc) is 2.65. The molecule has 1 aromatic carbocycles. The molecule has 3 rings (SSSR count). The van der Waals surface area contributed by atoms with Crippen LogP contribution in [-0.4, -0.2) is 42.2 Å². The first-order valence-electron chi connectivity index (χ1n) is 8.95. The van der Waals surface area contributed by atoms with Gasteiger partial charge in [0.1, 0.15) is 5.69 Å². The van der Waals surface area contributed by atoms with Gasteiger partial charge in [0.05, 0.1) is 14.2 Å². The summed E-state index contributed by atoms with van der Waals surface area (Å²) in [5.41, 5.74) is 2.42. The van der Waals surface area contributed by atoms with Crippen LogP contribution in [-0.2, 0) is 13.0 Å². The highest BCUT2D eigenvalue weighted by atomic mass is 16.5. The number of fused-ring (bicyclic) bond motifs is 1. The molecule has 0 aliphatic carbocycles. The number of methoxy groups -OCH3 is 2. The minimum absolute atomic E-state index is 0.199. The van der Waals surface area contributed by atoms with Gasteiger partial charge in [0.15, 0.2) is 11.5 Å². The number of hydrogen-bond acceptors (Lipinski definition) is 6. The maximum Gasteiger partial charge on any atom is 0.270 e. The van der Waals surface area contributed by atoms with E-state index in [2.05, 4.69) is 20.2 Å². The van der Waals surface area contributed by atoms with Crippen LogP contribution in [0.4, 0.5) is 5.95 Å². The first-order chi connectivity index (χ1) is 12.8. The lowest BCUT2D eigenvalue weighted by Gasteiger charge is -2.29. The molecule has 1 amide bonds. The minimum atomic E-state index is -0.318. The predicted octanol–water partition coefficient (Wildman–Crippen LogP) is 2.58. The van der Waals surface area contributed by atoms with Gasteiger partial charge >= 0.3 is 0 Å². The summed E-state index contributed by atoms with van der Waals surface area (Å²) in [5, 5.41) is 2.93. The average molecular weight is 370 g/mol. The van der Waals surface area contributed by atoms with Crippen molar-refractivity contribution in [3.05, 3.63) is 41.2 Å². The molecule has 0 spiro atoms. The Balaban J connectivity index is 1.83. The normalized spacial score (nSPS) is 13.7. The molecule has 0 saturated carbocycles. The molecule has 7 nitrogen and oxygen atoms in total. The standard InChI is InChI=1S/C20H26N4O3/c1-20(2,3)23-18(25)15-6-8-21-19(22-15)24-9-7-13-10-16(26-4)17(27-5)11-14(13)12-24/h6,8,10-11H,7,9,12H2,1-5H3,(H,23,25). The summed E-state index contributed by atoms with van der Waals surface area (Å²) < 4.78 is 10.8. The highest BCUT2D eigenvalue weighted by molar-refractivity contribution is 5.92. The maximum absolute atomic E-state index is 12.4. The molecule has 0 unspecified atom stereocenters. The maximum atomic E-state index is 12.4. The van der Waals surface area contributed by atoms with E-state index >= 15 is 0 Å². The van der Waals surface area contributed by atoms with Crippen molar-refractivity contribution in [3.63, 3.8) is 0 Å². The second kappa shape index (κ2) is 7.42. The number of amides is 1. The number of rotatable bonds is 4. The number of ether oxygens (including phenoxy) is 2. The van der Waals surface area contributed by atoms with Crippen LogP contribution in [0.25, 0.3) is 0 Å². The van der Waals surface area contributed by atoms with Crippen molar-refractivity contribution < 1.29 is 14.3 Å². The highest BCUT2D eigenvalue weighted by Gasteiger charge is 2.23. The SMILES string of the molecule is COc1cc2c(cc1OC)CN(c1nccc(C(=O)NC(C)(C)C)n1)CC2. The van der Waals surface area contributed by atoms with Crippen LogP contribution in [0.2, 0.25) is 0 Å². The zero-order valence-corrected chi connectivity index (χ0v) is 16.5. The fraction of sp³-hybridized carbons (Fsp3) is 0.450. The van der Waals surface area contributed by atoms with Gasteiger partial charge in [0, 0.05) is 24.8 Å². The van der Waals surface area contributed by atoms with Gasteiger partial charge in [0.25, 0.3) is 5.91 Å². The molecule has 1 aliphatic heterocycles. The van der Waals surface area contributed by atoms with Crippen LogP contribution in [0.15, 0.2) is 24.4 Å². The van der Waals surface area contributed by atoms with E-state index in [1.807, 2.05) is 32.9 Å². The van der Waals surface area contributed by atoms with Crippen LogP contribution >= 0.6 is 0 Å². The van der Waals surface area contributed by atoms with Crippen LogP contribution in [0.3, 0.4) is 0 Å². The smallest absolute Gasteiger partial charge is 0.270 e. The Hall–Kier alpha value is -2.83. The molecule has 144 valence electrons. The van der Waals surface area contributed by atoms with Crippen molar-refractivity contribution in [1.82, 2.24) is 15.3 Å². The molecular formula is C20H26N4O3. The number of carbonyl (C=O) groups excluding carboxylic acids is 1. The molecule has 7 heteroatoms. The van der Waals surface area contributed by atoms with Gasteiger partial charge in [0.2, 0.25) is 5.95 Å². The first-order valence-corrected chi connectivity index (χ1v) is 8.95. The highest BCUT2D eigenvalue weighted by Crippen LogP contribution is 2.33. The summed E-state index contributed by atoms with van der Waals surface area (Å²) in [7, 11) is 3.27. The quantitative estimate of drug-likeness (QED) is 0.891. The summed E-state index contributed by atoms with van der Waals surface area (Å²) in [6, 6.07) is 5.66. The lowest BCUT2D eigenvalue weighted by atomic mass is 9.99. The van der Waals surface area contributed by atoms with Crippen LogP contribution < -0.4 is 19.7 Å². The fourth-order valence-corrected chi connectivity index (χ4v) is 3.09. The Bertz CT molecular complexity index is 846. The first kappa shape index (κ1) is 18.9. The number of nitrogens with one attached hydrogen (secondary N) is 1. The van der Waals surface area contributed by atoms with E-state index in [1.165, 1.54) is 5.56 Å². The van der Waals surface area contributed by atoms with E-state index in [4.69, 9.17) is 9.47 Å². The van der Waals surface area contributed by atoms with Gasteiger partial charge in [-0.15, -0.1) is 0 Å². The Morgan fingerprint density at radius 2 is 1.81 bits per heavy atom. The molecule has 0 fully saturated rings. The molecule has 27 heavy (non-hydrogen) atoms. The predicted molar refractivity (Wildman–Crippen MR) is 104 cm³/mol. The second-order valence-corrected chi connectivity index (χ2v) is 7.59. The molecule has 0 saturated heterocycles. The van der Waals surface area contributed by atoms with Crippen molar-refractivity contribution in [2.24, 2.45) is 0 Å². The lowest BCUT2D eigenvalue weighted by Crippen LogP contribution is -2.41. The van der Waals surface area contributed by atoms with E-state index in [1.54, 1.807) is 26.5 Å². The van der Waals surface area contributed by atoms with Crippen LogP contribution in [0, 0.1) is 0 Å². The van der Waals surface area contributed by atoms with Crippen LogP contribution in [0.1, 0.15) is 42.4 Å². The zero-order valence-electron chi connectivity index (χ0n) is 16.5. The Kier molecular flexibility index (Phi) is 5.21. The number of benzene rings is 1. The Morgan fingerprint density at radius 1 is 1.15 bits per heavy atom. The minimum Gasteiger partial charge on any atom is -0.493 e. The lowest BCUT2D eigenvalue weighted by molar-refractivity contribution is 0.0914. The molecule has 0 atom stereocenters. The Labute approximate surface area is 159 Å². The van der Waals surface area contributed by atoms with Gasteiger partial charge in [-0.05, 0) is 56.5 Å². The van der Waals surface area contributed by atoms with Gasteiger partial charge in [-0.2, -0.15) is 0 Å². The van der Waals surface area contributed by atoms with E-state index in [0.29, 0.717) is 23.9 Å². The molecule has 1 aliphatic rings. The fourth-order valence-electron chi connectivity index (χ4n) is 3.09. The summed E-state index contributed by atoms with van der Waals surface area (Å²) >= 11 is 0. The number of nitrogens with zero attached hydrogens (tertiary/aromatic N) is 3. The number of anilines is 1. The monoisotopic (exact) mass is 370 g/mol. The number of hydrogen-bond donors (Lipinski definition) is 1. The molecule has 2 heterocycles. The molecule has 2 aromatic rings. The second-order valence-electron chi connectivity index (χ2n) is 7.59. The zero-order chi connectivity index (χ0) is 19.6. The number of carbonyl (C=O) groups is 1. The van der Waals surface area contributed by atoms with Gasteiger partial charge < -0.3 is 19.7 Å². The third-order valence-corrected chi connectivity index (χ3v) is 4.36. The molecule has 0 bridgehead atoms. The van der Waals surface area contributed by atoms with Gasteiger partial charge in [-0.1, -0.05) is 0 Å². The van der Waals surface area contributed by atoms with Crippen molar-refractivity contribution in [2.45, 2.75) is 39.3 Å². The largest absolute Gasteiger partial charge is 0.493 e. The third kappa shape index (κ3) is 4.30. The van der Waals surface area contributed by atoms with Crippen molar-refractivity contribution in [3.8, 4) is 11.5 Å². The van der Waals surface area contributed by atoms with E-state index in [0.717, 1.165) is 24.3 Å². The van der Waals surface area contributed by atoms with Gasteiger partial charge in [-0.25, -0.2) is 9.97 Å². The number of aromatic nitrogens is 2. The van der Waals surface area contributed by atoms with Crippen molar-refractivity contribution >= 4 is 11.9 Å². The summed E-state index contributed by atoms with van der Waals surface area (Å²) in [6.45, 7) is 7.25. The Morgan fingerprint density at radius 3 is 2.44 bits per heavy atom. The van der Waals surface area contributed by atoms with Crippen molar-refractivity contribution in [1.29, 1.82) is 0 Å². The molecular weight excluding hydrogens is 344 g/mol. The molecule has 1 N–H and O–H groups in total. The van der Waals surface area contributed by atoms with E-state index in [9.17, 15) is 4.79 Å². The molecule has 1 aromatic heterocycles. The summed E-state index contributed by atoms with van der Waals surface area (Å²) in [5.74, 6) is 1.80. The van der Waals surface area contributed by atoms with Crippen LogP contribution in [0.5, 0.6) is 11.5 Å². The molecule has 0 radical (unpaired) electrons. The topological polar surface area (TPSA) is 76.6 Å². The van der Waals surface area contributed by atoms with Gasteiger partial charge in [-0.3, -0.25) is 4.79 Å². The van der Waals surface area contributed by atoms with E-state index in [-0.39, 0.29) is 11.4 Å². The van der Waals surface area contributed by atoms with E-state index < -0.39 is 0 Å². The summed E-state index contributed by atoms with van der Waals surface area (Å²) in [4.78, 5) is 23.3.